The van der Waals surface area contributed by atoms with E-state index in [1.54, 1.807) is 4.68 Å². The number of nitrogens with zero attached hydrogens (tertiary/aromatic N) is 4. The highest BCUT2D eigenvalue weighted by atomic mass is 32.1. The first-order valence-corrected chi connectivity index (χ1v) is 8.63. The molecule has 0 N–H and O–H groups in total. The van der Waals surface area contributed by atoms with Gasteiger partial charge in [0.05, 0.1) is 0 Å². The monoisotopic (exact) mass is 342 g/mol. The molecule has 7 heteroatoms. The van der Waals surface area contributed by atoms with Gasteiger partial charge in [0.25, 0.3) is 0 Å². The van der Waals surface area contributed by atoms with Crippen LogP contribution in [0.2, 0.25) is 0 Å². The Labute approximate surface area is 144 Å². The molecule has 124 valence electrons. The van der Waals surface area contributed by atoms with Crippen molar-refractivity contribution in [1.82, 2.24) is 20.2 Å². The zero-order valence-corrected chi connectivity index (χ0v) is 14.4. The molecule has 2 heterocycles. The number of carbonyl (C=O) groups is 1. The molecule has 0 bridgehead atoms. The molecule has 0 atom stereocenters. The lowest BCUT2D eigenvalue weighted by molar-refractivity contribution is 0.0463. The molecule has 0 unspecified atom stereocenters. The SMILES string of the molecule is CCCn1nnnc1COC(=O)c1sccc1-c1ccc(C)cc1. The summed E-state index contributed by atoms with van der Waals surface area (Å²) in [6.45, 7) is 4.84. The van der Waals surface area contributed by atoms with Crippen LogP contribution in [0.15, 0.2) is 35.7 Å². The van der Waals surface area contributed by atoms with Crippen LogP contribution >= 0.6 is 11.3 Å². The van der Waals surface area contributed by atoms with Gasteiger partial charge in [-0.15, -0.1) is 16.4 Å². The van der Waals surface area contributed by atoms with Crippen molar-refractivity contribution in [2.45, 2.75) is 33.4 Å². The van der Waals surface area contributed by atoms with Gasteiger partial charge < -0.3 is 4.74 Å². The molecule has 0 radical (unpaired) electrons. The summed E-state index contributed by atoms with van der Waals surface area (Å²) in [5.41, 5.74) is 3.07. The summed E-state index contributed by atoms with van der Waals surface area (Å²) >= 11 is 1.38. The second kappa shape index (κ2) is 7.35. The average Bonchev–Trinajstić information content (AvgIpc) is 3.23. The van der Waals surface area contributed by atoms with E-state index in [4.69, 9.17) is 4.74 Å². The smallest absolute Gasteiger partial charge is 0.349 e. The lowest BCUT2D eigenvalue weighted by Crippen LogP contribution is -2.10. The molecule has 0 aliphatic rings. The molecule has 0 aliphatic heterocycles. The van der Waals surface area contributed by atoms with Crippen LogP contribution in [0.3, 0.4) is 0 Å². The standard InChI is InChI=1S/C17H18N4O2S/c1-3-9-21-15(18-19-20-21)11-23-17(22)16-14(8-10-24-16)13-6-4-12(2)5-7-13/h4-8,10H,3,9,11H2,1-2H3. The number of tetrazole rings is 1. The average molecular weight is 342 g/mol. The van der Waals surface area contributed by atoms with E-state index in [-0.39, 0.29) is 12.6 Å². The molecule has 0 saturated heterocycles. The summed E-state index contributed by atoms with van der Waals surface area (Å²) in [7, 11) is 0. The van der Waals surface area contributed by atoms with E-state index in [2.05, 4.69) is 15.5 Å². The number of hydrogen-bond acceptors (Lipinski definition) is 6. The maximum atomic E-state index is 12.4. The Morgan fingerprint density at radius 3 is 2.79 bits per heavy atom. The van der Waals surface area contributed by atoms with E-state index in [1.807, 2.05) is 49.6 Å². The van der Waals surface area contributed by atoms with E-state index < -0.39 is 0 Å². The van der Waals surface area contributed by atoms with Gasteiger partial charge in [-0.3, -0.25) is 0 Å². The van der Waals surface area contributed by atoms with Crippen molar-refractivity contribution in [3.05, 3.63) is 52.0 Å². The highest BCUT2D eigenvalue weighted by molar-refractivity contribution is 7.12. The summed E-state index contributed by atoms with van der Waals surface area (Å²) in [5.74, 6) is 0.199. The fraction of sp³-hybridized carbons (Fsp3) is 0.294. The molecule has 0 spiro atoms. The molecule has 24 heavy (non-hydrogen) atoms. The number of aromatic nitrogens is 4. The van der Waals surface area contributed by atoms with Crippen LogP contribution in [0.1, 0.15) is 34.4 Å². The Kier molecular flexibility index (Phi) is 5.00. The normalized spacial score (nSPS) is 10.8. The first-order valence-electron chi connectivity index (χ1n) is 7.75. The molecule has 0 fully saturated rings. The van der Waals surface area contributed by atoms with Crippen LogP contribution in [0.25, 0.3) is 11.1 Å². The van der Waals surface area contributed by atoms with E-state index >= 15 is 0 Å². The lowest BCUT2D eigenvalue weighted by Gasteiger charge is -2.06. The molecular formula is C17H18N4O2S. The Morgan fingerprint density at radius 2 is 2.04 bits per heavy atom. The van der Waals surface area contributed by atoms with Gasteiger partial charge >= 0.3 is 5.97 Å². The number of ether oxygens (including phenoxy) is 1. The summed E-state index contributed by atoms with van der Waals surface area (Å²) in [6, 6.07) is 10.0. The first kappa shape index (κ1) is 16.3. The van der Waals surface area contributed by atoms with Crippen molar-refractivity contribution in [2.24, 2.45) is 0 Å². The number of aryl methyl sites for hydroxylation is 2. The molecule has 2 aromatic heterocycles. The third-order valence-electron chi connectivity index (χ3n) is 3.59. The fourth-order valence-corrected chi connectivity index (χ4v) is 3.14. The van der Waals surface area contributed by atoms with Crippen LogP contribution in [-0.2, 0) is 17.9 Å². The van der Waals surface area contributed by atoms with Gasteiger partial charge in [0.2, 0.25) is 0 Å². The molecule has 3 rings (SSSR count). The van der Waals surface area contributed by atoms with E-state index in [1.165, 1.54) is 16.9 Å². The molecule has 0 amide bonds. The molecule has 1 aromatic carbocycles. The van der Waals surface area contributed by atoms with Gasteiger partial charge in [-0.2, -0.15) is 0 Å². The second-order valence-electron chi connectivity index (χ2n) is 5.42. The number of carbonyl (C=O) groups excluding carboxylic acids is 1. The van der Waals surface area contributed by atoms with Crippen molar-refractivity contribution in [1.29, 1.82) is 0 Å². The predicted molar refractivity (Wildman–Crippen MR) is 91.7 cm³/mol. The van der Waals surface area contributed by atoms with Crippen LogP contribution in [0.4, 0.5) is 0 Å². The van der Waals surface area contributed by atoms with Crippen LogP contribution in [-0.4, -0.2) is 26.2 Å². The summed E-state index contributed by atoms with van der Waals surface area (Å²) in [6.07, 6.45) is 0.911. The Balaban J connectivity index is 1.73. The van der Waals surface area contributed by atoms with Crippen molar-refractivity contribution >= 4 is 17.3 Å². The van der Waals surface area contributed by atoms with Crippen molar-refractivity contribution < 1.29 is 9.53 Å². The minimum atomic E-state index is -0.355. The number of hydrogen-bond donors (Lipinski definition) is 0. The quantitative estimate of drug-likeness (QED) is 0.642. The van der Waals surface area contributed by atoms with E-state index in [0.717, 1.165) is 17.5 Å². The highest BCUT2D eigenvalue weighted by Gasteiger charge is 2.17. The topological polar surface area (TPSA) is 69.9 Å². The lowest BCUT2D eigenvalue weighted by atomic mass is 10.1. The third-order valence-corrected chi connectivity index (χ3v) is 4.48. The van der Waals surface area contributed by atoms with Gasteiger partial charge in [0.15, 0.2) is 12.4 Å². The third kappa shape index (κ3) is 3.51. The molecule has 0 aliphatic carbocycles. The van der Waals surface area contributed by atoms with Gasteiger partial charge in [0, 0.05) is 12.1 Å². The van der Waals surface area contributed by atoms with E-state index in [9.17, 15) is 4.79 Å². The van der Waals surface area contributed by atoms with Crippen molar-refractivity contribution in [2.75, 3.05) is 0 Å². The zero-order valence-electron chi connectivity index (χ0n) is 13.6. The highest BCUT2D eigenvalue weighted by Crippen LogP contribution is 2.29. The number of thiophene rings is 1. The second-order valence-corrected chi connectivity index (χ2v) is 6.34. The summed E-state index contributed by atoms with van der Waals surface area (Å²) in [5, 5.41) is 13.3. The molecule has 0 saturated carbocycles. The minimum absolute atomic E-state index is 0.0665. The van der Waals surface area contributed by atoms with Gasteiger partial charge in [0.1, 0.15) is 4.88 Å². The maximum Gasteiger partial charge on any atom is 0.349 e. The summed E-state index contributed by atoms with van der Waals surface area (Å²) in [4.78, 5) is 13.0. The number of benzene rings is 1. The minimum Gasteiger partial charge on any atom is -0.453 e. The molecule has 3 aromatic rings. The first-order chi connectivity index (χ1) is 11.7. The fourth-order valence-electron chi connectivity index (χ4n) is 2.34. The number of esters is 1. The molecular weight excluding hydrogens is 324 g/mol. The van der Waals surface area contributed by atoms with Crippen LogP contribution in [0, 0.1) is 6.92 Å². The largest absolute Gasteiger partial charge is 0.453 e. The molecule has 6 nitrogen and oxygen atoms in total. The summed E-state index contributed by atoms with van der Waals surface area (Å²) < 4.78 is 7.07. The number of rotatable bonds is 6. The zero-order chi connectivity index (χ0) is 16.9. The van der Waals surface area contributed by atoms with Crippen molar-refractivity contribution in [3.63, 3.8) is 0 Å². The Bertz CT molecular complexity index is 823. The van der Waals surface area contributed by atoms with Crippen LogP contribution in [0.5, 0.6) is 0 Å². The van der Waals surface area contributed by atoms with Gasteiger partial charge in [-0.1, -0.05) is 36.8 Å². The predicted octanol–water partition coefficient (Wildman–Crippen LogP) is 3.48. The van der Waals surface area contributed by atoms with Crippen molar-refractivity contribution in [3.8, 4) is 11.1 Å². The maximum absolute atomic E-state index is 12.4. The van der Waals surface area contributed by atoms with E-state index in [0.29, 0.717) is 17.2 Å². The van der Waals surface area contributed by atoms with Crippen LogP contribution < -0.4 is 0 Å². The van der Waals surface area contributed by atoms with Gasteiger partial charge in [-0.25, -0.2) is 9.48 Å². The Morgan fingerprint density at radius 1 is 1.25 bits per heavy atom. The Hall–Kier alpha value is -2.54. The van der Waals surface area contributed by atoms with Gasteiger partial charge in [-0.05, 0) is 40.8 Å².